The van der Waals surface area contributed by atoms with Gasteiger partial charge in [0.2, 0.25) is 0 Å². The van der Waals surface area contributed by atoms with Crippen molar-refractivity contribution in [1.29, 1.82) is 0 Å². The molecule has 0 unspecified atom stereocenters. The minimum absolute atomic E-state index is 0.433. The Morgan fingerprint density at radius 1 is 1.39 bits per heavy atom. The van der Waals surface area contributed by atoms with Gasteiger partial charge in [0.1, 0.15) is 5.82 Å². The molecule has 3 rings (SSSR count). The normalized spacial score (nSPS) is 15.6. The van der Waals surface area contributed by atoms with Crippen molar-refractivity contribution in [3.8, 4) is 0 Å². The Labute approximate surface area is 139 Å². The average molecular weight is 332 g/mol. The maximum Gasteiger partial charge on any atom is 0.252 e. The minimum atomic E-state index is -0.433. The molecule has 2 aromatic rings. The van der Waals surface area contributed by atoms with Crippen molar-refractivity contribution >= 4 is 28.2 Å². The molecule has 1 amide bonds. The summed E-state index contributed by atoms with van der Waals surface area (Å²) in [7, 11) is 1.88. The second-order valence-corrected chi connectivity index (χ2v) is 6.25. The molecule has 1 fully saturated rings. The zero-order valence-electron chi connectivity index (χ0n) is 13.0. The van der Waals surface area contributed by atoms with Gasteiger partial charge in [-0.2, -0.15) is 0 Å². The lowest BCUT2D eigenvalue weighted by Gasteiger charge is -2.35. The number of carbonyl (C=O) groups is 1. The number of primary amides is 1. The molecule has 2 aromatic heterocycles. The lowest BCUT2D eigenvalue weighted by Crippen LogP contribution is -2.46. The summed E-state index contributed by atoms with van der Waals surface area (Å²) in [6.45, 7) is 4.29. The molecule has 0 spiro atoms. The summed E-state index contributed by atoms with van der Waals surface area (Å²) in [5, 5.41) is 6.09. The van der Waals surface area contributed by atoms with Gasteiger partial charge in [0.15, 0.2) is 5.13 Å². The van der Waals surface area contributed by atoms with Crippen LogP contribution < -0.4 is 16.0 Å². The number of rotatable bonds is 5. The van der Waals surface area contributed by atoms with Crippen LogP contribution >= 0.6 is 11.3 Å². The predicted octanol–water partition coefficient (Wildman–Crippen LogP) is 1.00. The van der Waals surface area contributed by atoms with Crippen molar-refractivity contribution in [2.45, 2.75) is 6.54 Å². The molecule has 0 aromatic carbocycles. The second kappa shape index (κ2) is 6.93. The molecule has 0 radical (unpaired) electrons. The smallest absolute Gasteiger partial charge is 0.252 e. The van der Waals surface area contributed by atoms with Gasteiger partial charge in [0.25, 0.3) is 5.91 Å². The van der Waals surface area contributed by atoms with E-state index in [2.05, 4.69) is 30.5 Å². The van der Waals surface area contributed by atoms with Gasteiger partial charge in [0.05, 0.1) is 11.3 Å². The molecule has 23 heavy (non-hydrogen) atoms. The van der Waals surface area contributed by atoms with Crippen LogP contribution in [-0.2, 0) is 6.54 Å². The molecule has 7 nitrogen and oxygen atoms in total. The molecule has 1 aliphatic heterocycles. The fraction of sp³-hybridized carbons (Fsp3) is 0.400. The SMILES string of the molecule is CNc1nc(CN2CCN(c3ncccc3C(N)=O)CC2)cs1. The van der Waals surface area contributed by atoms with Gasteiger partial charge >= 0.3 is 0 Å². The van der Waals surface area contributed by atoms with E-state index in [0.29, 0.717) is 11.4 Å². The van der Waals surface area contributed by atoms with Crippen LogP contribution in [0.2, 0.25) is 0 Å². The number of amides is 1. The molecule has 0 bridgehead atoms. The van der Waals surface area contributed by atoms with Crippen LogP contribution in [0.3, 0.4) is 0 Å². The maximum absolute atomic E-state index is 11.5. The molecule has 0 saturated carbocycles. The summed E-state index contributed by atoms with van der Waals surface area (Å²) in [4.78, 5) is 24.9. The lowest BCUT2D eigenvalue weighted by molar-refractivity contribution is 0.1000. The lowest BCUT2D eigenvalue weighted by atomic mass is 10.2. The van der Waals surface area contributed by atoms with E-state index < -0.39 is 5.91 Å². The van der Waals surface area contributed by atoms with Gasteiger partial charge in [-0.05, 0) is 12.1 Å². The highest BCUT2D eigenvalue weighted by Gasteiger charge is 2.22. The summed E-state index contributed by atoms with van der Waals surface area (Å²) in [6, 6.07) is 3.47. The van der Waals surface area contributed by atoms with Gasteiger partial charge in [0, 0.05) is 51.3 Å². The number of nitrogens with two attached hydrogens (primary N) is 1. The number of thiazole rings is 1. The van der Waals surface area contributed by atoms with Crippen LogP contribution in [0.5, 0.6) is 0 Å². The molecular weight excluding hydrogens is 312 g/mol. The molecule has 3 N–H and O–H groups in total. The van der Waals surface area contributed by atoms with Crippen LogP contribution in [0.15, 0.2) is 23.7 Å². The average Bonchev–Trinajstić information content (AvgIpc) is 3.03. The van der Waals surface area contributed by atoms with E-state index in [0.717, 1.165) is 43.5 Å². The van der Waals surface area contributed by atoms with Gasteiger partial charge in [-0.25, -0.2) is 9.97 Å². The summed E-state index contributed by atoms with van der Waals surface area (Å²) in [5.74, 6) is 0.253. The summed E-state index contributed by atoms with van der Waals surface area (Å²) in [6.07, 6.45) is 1.70. The number of hydrogen-bond donors (Lipinski definition) is 2. The first-order chi connectivity index (χ1) is 11.2. The highest BCUT2D eigenvalue weighted by molar-refractivity contribution is 7.13. The molecule has 3 heterocycles. The largest absolute Gasteiger partial charge is 0.365 e. The molecule has 0 aliphatic carbocycles. The Kier molecular flexibility index (Phi) is 4.73. The molecular formula is C15H20N6OS. The number of piperazine rings is 1. The highest BCUT2D eigenvalue weighted by atomic mass is 32.1. The third-order valence-corrected chi connectivity index (χ3v) is 4.78. The van der Waals surface area contributed by atoms with E-state index in [4.69, 9.17) is 5.73 Å². The van der Waals surface area contributed by atoms with E-state index >= 15 is 0 Å². The molecule has 8 heteroatoms. The van der Waals surface area contributed by atoms with Crippen molar-refractivity contribution < 1.29 is 4.79 Å². The minimum Gasteiger partial charge on any atom is -0.365 e. The first-order valence-corrected chi connectivity index (χ1v) is 8.39. The number of pyridine rings is 1. The molecule has 1 aliphatic rings. The zero-order chi connectivity index (χ0) is 16.2. The number of nitrogens with zero attached hydrogens (tertiary/aromatic N) is 4. The van der Waals surface area contributed by atoms with E-state index in [-0.39, 0.29) is 0 Å². The Balaban J connectivity index is 1.61. The molecule has 122 valence electrons. The van der Waals surface area contributed by atoms with Crippen molar-refractivity contribution in [3.05, 3.63) is 35.0 Å². The van der Waals surface area contributed by atoms with E-state index in [1.807, 2.05) is 7.05 Å². The Bertz CT molecular complexity index is 680. The van der Waals surface area contributed by atoms with Crippen LogP contribution in [0.1, 0.15) is 16.1 Å². The highest BCUT2D eigenvalue weighted by Crippen LogP contribution is 2.20. The third kappa shape index (κ3) is 3.59. The van der Waals surface area contributed by atoms with Crippen LogP contribution in [0.4, 0.5) is 10.9 Å². The Morgan fingerprint density at radius 2 is 2.17 bits per heavy atom. The quantitative estimate of drug-likeness (QED) is 0.849. The number of anilines is 2. The summed E-state index contributed by atoms with van der Waals surface area (Å²) >= 11 is 1.62. The fourth-order valence-electron chi connectivity index (χ4n) is 2.68. The van der Waals surface area contributed by atoms with Crippen molar-refractivity contribution in [2.24, 2.45) is 5.73 Å². The van der Waals surface area contributed by atoms with Gasteiger partial charge < -0.3 is 16.0 Å². The monoisotopic (exact) mass is 332 g/mol. The van der Waals surface area contributed by atoms with Crippen molar-refractivity contribution in [3.63, 3.8) is 0 Å². The molecule has 0 atom stereocenters. The molecule has 1 saturated heterocycles. The fourth-order valence-corrected chi connectivity index (χ4v) is 3.35. The number of aromatic nitrogens is 2. The first-order valence-electron chi connectivity index (χ1n) is 7.51. The topological polar surface area (TPSA) is 87.4 Å². The van der Waals surface area contributed by atoms with E-state index in [1.165, 1.54) is 0 Å². The van der Waals surface area contributed by atoms with Gasteiger partial charge in [-0.3, -0.25) is 9.69 Å². The van der Waals surface area contributed by atoms with Crippen molar-refractivity contribution in [1.82, 2.24) is 14.9 Å². The number of hydrogen-bond acceptors (Lipinski definition) is 7. The van der Waals surface area contributed by atoms with Gasteiger partial charge in [-0.15, -0.1) is 11.3 Å². The first kappa shape index (κ1) is 15.7. The Hall–Kier alpha value is -2.19. The van der Waals surface area contributed by atoms with Crippen molar-refractivity contribution in [2.75, 3.05) is 43.4 Å². The number of nitrogens with one attached hydrogen (secondary N) is 1. The summed E-state index contributed by atoms with van der Waals surface area (Å²) in [5.41, 5.74) is 7.01. The standard InChI is InChI=1S/C15H20N6OS/c1-17-15-19-11(10-23-15)9-20-5-7-21(8-6-20)14-12(13(16)22)3-2-4-18-14/h2-4,10H,5-9H2,1H3,(H2,16,22)(H,17,19). The predicted molar refractivity (Wildman–Crippen MR) is 91.9 cm³/mol. The summed E-state index contributed by atoms with van der Waals surface area (Å²) < 4.78 is 0. The number of carbonyl (C=O) groups excluding carboxylic acids is 1. The second-order valence-electron chi connectivity index (χ2n) is 5.40. The third-order valence-electron chi connectivity index (χ3n) is 3.88. The Morgan fingerprint density at radius 3 is 2.83 bits per heavy atom. The van der Waals surface area contributed by atoms with E-state index in [1.54, 1.807) is 29.7 Å². The van der Waals surface area contributed by atoms with Crippen LogP contribution in [0, 0.1) is 0 Å². The zero-order valence-corrected chi connectivity index (χ0v) is 13.8. The van der Waals surface area contributed by atoms with Crippen LogP contribution in [-0.4, -0.2) is 54.0 Å². The van der Waals surface area contributed by atoms with E-state index in [9.17, 15) is 4.79 Å². The maximum atomic E-state index is 11.5. The van der Waals surface area contributed by atoms with Crippen LogP contribution in [0.25, 0.3) is 0 Å². The van der Waals surface area contributed by atoms with Gasteiger partial charge in [-0.1, -0.05) is 0 Å².